The number of para-hydroxylation sites is 1. The Kier molecular flexibility index (Phi) is 10.4. The number of rotatable bonds is 9. The number of anilines is 3. The molecular formula is C70H51NO. The van der Waals surface area contributed by atoms with Crippen LogP contribution in [0.15, 0.2) is 273 Å². The Morgan fingerprint density at radius 1 is 0.278 bits per heavy atom. The average molecular weight is 922 g/mol. The van der Waals surface area contributed by atoms with E-state index in [2.05, 4.69) is 286 Å². The fourth-order valence-electron chi connectivity index (χ4n) is 11.6. The zero-order valence-electron chi connectivity index (χ0n) is 40.3. The second-order valence-corrected chi connectivity index (χ2v) is 19.6. The van der Waals surface area contributed by atoms with Gasteiger partial charge in [0.2, 0.25) is 0 Å². The van der Waals surface area contributed by atoms with Gasteiger partial charge in [0.05, 0.1) is 5.41 Å². The van der Waals surface area contributed by atoms with Crippen LogP contribution in [0.3, 0.4) is 0 Å². The maximum Gasteiger partial charge on any atom is 0.131 e. The van der Waals surface area contributed by atoms with E-state index < -0.39 is 5.41 Å². The van der Waals surface area contributed by atoms with Gasteiger partial charge in [-0.05, 0) is 145 Å². The van der Waals surface area contributed by atoms with Crippen LogP contribution in [-0.4, -0.2) is 0 Å². The number of fused-ring (bicyclic) bond motifs is 5. The molecule has 0 amide bonds. The van der Waals surface area contributed by atoms with Gasteiger partial charge in [-0.2, -0.15) is 0 Å². The first-order chi connectivity index (χ1) is 35.4. The van der Waals surface area contributed by atoms with Crippen molar-refractivity contribution in [3.8, 4) is 67.1 Å². The molecule has 0 atom stereocenters. The van der Waals surface area contributed by atoms with Crippen molar-refractivity contribution in [3.05, 3.63) is 306 Å². The largest absolute Gasteiger partial charge is 0.457 e. The third kappa shape index (κ3) is 7.18. The molecule has 0 spiro atoms. The van der Waals surface area contributed by atoms with Crippen molar-refractivity contribution in [3.63, 3.8) is 0 Å². The normalized spacial score (nSPS) is 13.5. The van der Waals surface area contributed by atoms with E-state index in [1.54, 1.807) is 0 Å². The summed E-state index contributed by atoms with van der Waals surface area (Å²) < 4.78 is 6.42. The molecule has 2 nitrogen and oxygen atoms in total. The molecule has 0 unspecified atom stereocenters. The second kappa shape index (κ2) is 17.5. The highest BCUT2D eigenvalue weighted by molar-refractivity contribution is 5.89. The van der Waals surface area contributed by atoms with Crippen LogP contribution in [-0.2, 0) is 10.8 Å². The molecule has 1 aliphatic heterocycles. The average Bonchev–Trinajstić information content (AvgIpc) is 3.75. The van der Waals surface area contributed by atoms with Crippen molar-refractivity contribution in [1.82, 2.24) is 0 Å². The van der Waals surface area contributed by atoms with E-state index in [0.717, 1.165) is 39.7 Å². The first-order valence-corrected chi connectivity index (χ1v) is 25.0. The molecule has 72 heavy (non-hydrogen) atoms. The number of hydrogen-bond donors (Lipinski definition) is 0. The minimum atomic E-state index is -0.461. The van der Waals surface area contributed by atoms with Crippen LogP contribution in [0.5, 0.6) is 11.5 Å². The molecule has 0 bridgehead atoms. The van der Waals surface area contributed by atoms with E-state index in [-0.39, 0.29) is 5.41 Å². The molecule has 11 aromatic carbocycles. The quantitative estimate of drug-likeness (QED) is 0.143. The van der Waals surface area contributed by atoms with Crippen LogP contribution < -0.4 is 9.64 Å². The number of hydrogen-bond acceptors (Lipinski definition) is 2. The summed E-state index contributed by atoms with van der Waals surface area (Å²) in [5.41, 5.74) is 22.1. The van der Waals surface area contributed by atoms with Gasteiger partial charge in [-0.25, -0.2) is 0 Å². The standard InChI is InChI=1S/C70H51NO/c1-69(2)64-27-14-15-28-67(64)72-68-44-36-55(47-66(68)69)51-33-41-60(42-34-51)71(58-37-29-49(30-38-58)53-20-16-19-52(45-53)48-17-6-3-7-18-48)59-39-31-50(32-40-59)54-35-43-62-61-25-12-13-26-63(61)70(65(62)46-54,56-21-8-4-9-22-56)57-23-10-5-11-24-57/h3-47H,1-2H3. The Bertz CT molecular complexity index is 3720. The molecule has 1 heterocycles. The van der Waals surface area contributed by atoms with Gasteiger partial charge in [0.15, 0.2) is 0 Å². The molecule has 2 aliphatic rings. The fourth-order valence-corrected chi connectivity index (χ4v) is 11.6. The van der Waals surface area contributed by atoms with E-state index in [9.17, 15) is 0 Å². The number of benzene rings is 11. The van der Waals surface area contributed by atoms with E-state index in [4.69, 9.17) is 4.74 Å². The van der Waals surface area contributed by atoms with Gasteiger partial charge in [0.25, 0.3) is 0 Å². The van der Waals surface area contributed by atoms with Crippen LogP contribution in [0.4, 0.5) is 17.1 Å². The summed E-state index contributed by atoms with van der Waals surface area (Å²) in [6.45, 7) is 4.58. The molecule has 0 radical (unpaired) electrons. The van der Waals surface area contributed by atoms with Gasteiger partial charge in [0.1, 0.15) is 11.5 Å². The van der Waals surface area contributed by atoms with Gasteiger partial charge in [-0.15, -0.1) is 0 Å². The molecule has 0 saturated heterocycles. The fraction of sp³-hybridized carbons (Fsp3) is 0.0571. The van der Waals surface area contributed by atoms with E-state index in [0.29, 0.717) is 0 Å². The highest BCUT2D eigenvalue weighted by atomic mass is 16.5. The molecule has 2 heteroatoms. The molecule has 1 aliphatic carbocycles. The van der Waals surface area contributed by atoms with Crippen molar-refractivity contribution in [2.45, 2.75) is 24.7 Å². The summed E-state index contributed by atoms with van der Waals surface area (Å²) in [6, 6.07) is 99.6. The predicted octanol–water partition coefficient (Wildman–Crippen LogP) is 18.6. The van der Waals surface area contributed by atoms with Crippen molar-refractivity contribution in [1.29, 1.82) is 0 Å². The van der Waals surface area contributed by atoms with Gasteiger partial charge < -0.3 is 9.64 Å². The second-order valence-electron chi connectivity index (χ2n) is 19.6. The van der Waals surface area contributed by atoms with E-state index in [1.807, 2.05) is 6.07 Å². The summed E-state index contributed by atoms with van der Waals surface area (Å²) in [7, 11) is 0. The zero-order valence-corrected chi connectivity index (χ0v) is 40.3. The Balaban J connectivity index is 0.883. The molecule has 0 saturated carbocycles. The smallest absolute Gasteiger partial charge is 0.131 e. The third-order valence-corrected chi connectivity index (χ3v) is 15.2. The maximum atomic E-state index is 6.42. The van der Waals surface area contributed by atoms with Crippen molar-refractivity contribution in [2.24, 2.45) is 0 Å². The van der Waals surface area contributed by atoms with Gasteiger partial charge >= 0.3 is 0 Å². The predicted molar refractivity (Wildman–Crippen MR) is 299 cm³/mol. The highest BCUT2D eigenvalue weighted by Gasteiger charge is 2.46. The highest BCUT2D eigenvalue weighted by Crippen LogP contribution is 2.57. The van der Waals surface area contributed by atoms with Crippen LogP contribution >= 0.6 is 0 Å². The topological polar surface area (TPSA) is 12.5 Å². The summed E-state index contributed by atoms with van der Waals surface area (Å²) >= 11 is 0. The lowest BCUT2D eigenvalue weighted by molar-refractivity contribution is 0.418. The summed E-state index contributed by atoms with van der Waals surface area (Å²) in [5, 5.41) is 0. The van der Waals surface area contributed by atoms with Gasteiger partial charge in [-0.1, -0.05) is 220 Å². The SMILES string of the molecule is CC1(C)c2ccccc2Oc2ccc(-c3ccc(N(c4ccc(-c5cccc(-c6ccccc6)c5)cc4)c4ccc(-c5ccc6c(c5)C(c5ccccc5)(c5ccccc5)c5ccccc5-6)cc4)cc3)cc21. The molecule has 0 fully saturated rings. The third-order valence-electron chi connectivity index (χ3n) is 15.2. The first-order valence-electron chi connectivity index (χ1n) is 25.0. The van der Waals surface area contributed by atoms with Crippen LogP contribution in [0.1, 0.15) is 47.2 Å². The van der Waals surface area contributed by atoms with E-state index >= 15 is 0 Å². The van der Waals surface area contributed by atoms with Crippen molar-refractivity contribution >= 4 is 17.1 Å². The van der Waals surface area contributed by atoms with Crippen LogP contribution in [0, 0.1) is 0 Å². The van der Waals surface area contributed by atoms with Gasteiger partial charge in [-0.3, -0.25) is 0 Å². The van der Waals surface area contributed by atoms with E-state index in [1.165, 1.54) is 77.9 Å². The number of ether oxygens (including phenoxy) is 1. The molecule has 0 N–H and O–H groups in total. The van der Waals surface area contributed by atoms with Crippen molar-refractivity contribution < 1.29 is 4.74 Å². The zero-order chi connectivity index (χ0) is 48.2. The summed E-state index contributed by atoms with van der Waals surface area (Å²) in [6.07, 6.45) is 0. The summed E-state index contributed by atoms with van der Waals surface area (Å²) in [5.74, 6) is 1.85. The van der Waals surface area contributed by atoms with Gasteiger partial charge in [0, 0.05) is 33.6 Å². The molecular weight excluding hydrogens is 871 g/mol. The Morgan fingerprint density at radius 3 is 1.24 bits per heavy atom. The molecule has 342 valence electrons. The Labute approximate surface area is 422 Å². The molecule has 11 aromatic rings. The van der Waals surface area contributed by atoms with Crippen LogP contribution in [0.2, 0.25) is 0 Å². The van der Waals surface area contributed by atoms with Crippen LogP contribution in [0.25, 0.3) is 55.6 Å². The molecule has 13 rings (SSSR count). The van der Waals surface area contributed by atoms with Crippen molar-refractivity contribution in [2.75, 3.05) is 4.90 Å². The monoisotopic (exact) mass is 921 g/mol. The first kappa shape index (κ1) is 43.1. The molecule has 0 aromatic heterocycles. The summed E-state index contributed by atoms with van der Waals surface area (Å²) in [4.78, 5) is 2.37. The lowest BCUT2D eigenvalue weighted by Crippen LogP contribution is -2.28. The Morgan fingerprint density at radius 2 is 0.667 bits per heavy atom. The number of nitrogens with zero attached hydrogens (tertiary/aromatic N) is 1. The maximum absolute atomic E-state index is 6.42. The lowest BCUT2D eigenvalue weighted by Gasteiger charge is -2.34. The minimum absolute atomic E-state index is 0.199. The minimum Gasteiger partial charge on any atom is -0.457 e. The lowest BCUT2D eigenvalue weighted by atomic mass is 9.67. The Hall–Kier alpha value is -8.98.